The Hall–Kier alpha value is -6.85. The molecule has 0 N–H and O–H groups in total. The molecule has 0 spiro atoms. The van der Waals surface area contributed by atoms with Gasteiger partial charge in [0.05, 0.1) is 5.56 Å². The molecule has 3 aromatic heterocycles. The van der Waals surface area contributed by atoms with Crippen molar-refractivity contribution in [3.8, 4) is 56.4 Å². The monoisotopic (exact) mass is 641 g/mol. The topological polar surface area (TPSA) is 65.0 Å². The van der Waals surface area contributed by atoms with Gasteiger partial charge in [0, 0.05) is 32.7 Å². The summed E-state index contributed by atoms with van der Waals surface area (Å²) < 4.78 is 12.8. The molecule has 0 aliphatic carbocycles. The molecule has 0 bridgehead atoms. The van der Waals surface area contributed by atoms with E-state index in [0.29, 0.717) is 17.5 Å². The molecule has 5 heteroatoms. The van der Waals surface area contributed by atoms with Crippen molar-refractivity contribution in [1.82, 2.24) is 15.0 Å². The molecule has 50 heavy (non-hydrogen) atoms. The van der Waals surface area contributed by atoms with Gasteiger partial charge in [-0.05, 0) is 58.7 Å². The molecule has 0 saturated heterocycles. The van der Waals surface area contributed by atoms with Gasteiger partial charge in [0.2, 0.25) is 0 Å². The van der Waals surface area contributed by atoms with E-state index in [-0.39, 0.29) is 0 Å². The summed E-state index contributed by atoms with van der Waals surface area (Å²) >= 11 is 0. The highest BCUT2D eigenvalue weighted by Crippen LogP contribution is 2.40. The maximum atomic E-state index is 6.64. The SMILES string of the molecule is c1ccc(-c2ccc(-c3nc(-c4ccc5oc6ccccc6c5c4)nc(-c4cccc5c4oc4cccc(-c6ccccc6)c45)n3)cc2)cc1. The molecule has 0 fully saturated rings. The molecule has 0 atom stereocenters. The maximum Gasteiger partial charge on any atom is 0.167 e. The lowest BCUT2D eigenvalue weighted by atomic mass is 9.99. The summed E-state index contributed by atoms with van der Waals surface area (Å²) in [5.41, 5.74) is 10.3. The van der Waals surface area contributed by atoms with Crippen LogP contribution in [0.4, 0.5) is 0 Å². The number of para-hydroxylation sites is 2. The second kappa shape index (κ2) is 11.4. The Bertz CT molecular complexity index is 2850. The van der Waals surface area contributed by atoms with Gasteiger partial charge in [-0.3, -0.25) is 0 Å². The van der Waals surface area contributed by atoms with Crippen LogP contribution in [0.15, 0.2) is 173 Å². The van der Waals surface area contributed by atoms with Gasteiger partial charge in [-0.2, -0.15) is 0 Å². The first-order chi connectivity index (χ1) is 24.8. The second-order valence-corrected chi connectivity index (χ2v) is 12.4. The van der Waals surface area contributed by atoms with Crippen LogP contribution in [0.25, 0.3) is 100 Å². The number of aromatic nitrogens is 3. The molecule has 0 unspecified atom stereocenters. The first-order valence-electron chi connectivity index (χ1n) is 16.6. The number of furan rings is 2. The van der Waals surface area contributed by atoms with Crippen LogP contribution in [0, 0.1) is 0 Å². The Labute approximate surface area is 287 Å². The lowest BCUT2D eigenvalue weighted by Crippen LogP contribution is -2.00. The molecule has 10 rings (SSSR count). The molecule has 5 nitrogen and oxygen atoms in total. The zero-order valence-electron chi connectivity index (χ0n) is 26.7. The fourth-order valence-electron chi connectivity index (χ4n) is 6.94. The van der Waals surface area contributed by atoms with Crippen LogP contribution in [-0.2, 0) is 0 Å². The minimum Gasteiger partial charge on any atom is -0.456 e. The average molecular weight is 642 g/mol. The van der Waals surface area contributed by atoms with Gasteiger partial charge in [0.15, 0.2) is 17.5 Å². The summed E-state index contributed by atoms with van der Waals surface area (Å²) in [6.45, 7) is 0. The molecule has 234 valence electrons. The van der Waals surface area contributed by atoms with Gasteiger partial charge in [-0.1, -0.05) is 127 Å². The van der Waals surface area contributed by atoms with Crippen LogP contribution < -0.4 is 0 Å². The summed E-state index contributed by atoms with van der Waals surface area (Å²) in [7, 11) is 0. The quantitative estimate of drug-likeness (QED) is 0.187. The molecule has 10 aromatic rings. The lowest BCUT2D eigenvalue weighted by Gasteiger charge is -2.10. The van der Waals surface area contributed by atoms with E-state index < -0.39 is 0 Å². The second-order valence-electron chi connectivity index (χ2n) is 12.4. The van der Waals surface area contributed by atoms with Crippen molar-refractivity contribution < 1.29 is 8.83 Å². The van der Waals surface area contributed by atoms with Gasteiger partial charge in [-0.15, -0.1) is 0 Å². The molecule has 0 radical (unpaired) electrons. The fourth-order valence-corrected chi connectivity index (χ4v) is 6.94. The van der Waals surface area contributed by atoms with E-state index in [1.54, 1.807) is 0 Å². The number of hydrogen-bond acceptors (Lipinski definition) is 5. The summed E-state index contributed by atoms with van der Waals surface area (Å²) in [4.78, 5) is 15.3. The van der Waals surface area contributed by atoms with Crippen molar-refractivity contribution in [2.24, 2.45) is 0 Å². The van der Waals surface area contributed by atoms with Gasteiger partial charge >= 0.3 is 0 Å². The van der Waals surface area contributed by atoms with E-state index >= 15 is 0 Å². The molecular formula is C45H27N3O2. The van der Waals surface area contributed by atoms with Crippen LogP contribution >= 0.6 is 0 Å². The lowest BCUT2D eigenvalue weighted by molar-refractivity contribution is 0.669. The predicted octanol–water partition coefficient (Wildman–Crippen LogP) is 12.0. The third kappa shape index (κ3) is 4.67. The van der Waals surface area contributed by atoms with E-state index in [4.69, 9.17) is 23.8 Å². The largest absolute Gasteiger partial charge is 0.456 e. The van der Waals surface area contributed by atoms with Crippen molar-refractivity contribution in [3.05, 3.63) is 164 Å². The summed E-state index contributed by atoms with van der Waals surface area (Å²) in [5, 5.41) is 4.15. The first kappa shape index (κ1) is 28.2. The maximum absolute atomic E-state index is 6.64. The van der Waals surface area contributed by atoms with Crippen LogP contribution in [0.5, 0.6) is 0 Å². The third-order valence-corrected chi connectivity index (χ3v) is 9.37. The van der Waals surface area contributed by atoms with Crippen molar-refractivity contribution in [2.45, 2.75) is 0 Å². The Morgan fingerprint density at radius 1 is 0.320 bits per heavy atom. The number of hydrogen-bond donors (Lipinski definition) is 0. The van der Waals surface area contributed by atoms with Crippen LogP contribution in [0.2, 0.25) is 0 Å². The average Bonchev–Trinajstić information content (AvgIpc) is 3.77. The van der Waals surface area contributed by atoms with Gasteiger partial charge in [0.1, 0.15) is 22.3 Å². The van der Waals surface area contributed by atoms with Crippen molar-refractivity contribution in [3.63, 3.8) is 0 Å². The van der Waals surface area contributed by atoms with Crippen molar-refractivity contribution in [2.75, 3.05) is 0 Å². The first-order valence-corrected chi connectivity index (χ1v) is 16.6. The van der Waals surface area contributed by atoms with E-state index in [0.717, 1.165) is 82.8 Å². The van der Waals surface area contributed by atoms with Crippen molar-refractivity contribution >= 4 is 43.9 Å². The van der Waals surface area contributed by atoms with Crippen molar-refractivity contribution in [1.29, 1.82) is 0 Å². The van der Waals surface area contributed by atoms with Crippen LogP contribution in [-0.4, -0.2) is 15.0 Å². The number of benzene rings is 7. The molecule has 0 saturated carbocycles. The summed E-state index contributed by atoms with van der Waals surface area (Å²) in [6, 6.07) is 55.8. The molecule has 3 heterocycles. The molecule has 0 amide bonds. The van der Waals surface area contributed by atoms with E-state index in [1.165, 1.54) is 0 Å². The van der Waals surface area contributed by atoms with Gasteiger partial charge in [0.25, 0.3) is 0 Å². The minimum absolute atomic E-state index is 0.542. The van der Waals surface area contributed by atoms with Crippen LogP contribution in [0.3, 0.4) is 0 Å². The molecule has 7 aromatic carbocycles. The normalized spacial score (nSPS) is 11.6. The Morgan fingerprint density at radius 2 is 0.880 bits per heavy atom. The highest BCUT2D eigenvalue weighted by Gasteiger charge is 2.20. The summed E-state index contributed by atoms with van der Waals surface area (Å²) in [5.74, 6) is 1.70. The third-order valence-electron chi connectivity index (χ3n) is 9.37. The molecule has 0 aliphatic rings. The Morgan fingerprint density at radius 3 is 1.70 bits per heavy atom. The Balaban J connectivity index is 1.18. The zero-order valence-corrected chi connectivity index (χ0v) is 26.7. The molecule has 0 aliphatic heterocycles. The summed E-state index contributed by atoms with van der Waals surface area (Å²) in [6.07, 6.45) is 0. The van der Waals surface area contributed by atoms with E-state index in [9.17, 15) is 0 Å². The highest BCUT2D eigenvalue weighted by molar-refractivity contribution is 6.15. The van der Waals surface area contributed by atoms with Gasteiger partial charge in [-0.25, -0.2) is 15.0 Å². The number of nitrogens with zero attached hydrogens (tertiary/aromatic N) is 3. The zero-order chi connectivity index (χ0) is 33.0. The smallest absolute Gasteiger partial charge is 0.167 e. The highest BCUT2D eigenvalue weighted by atomic mass is 16.3. The standard InChI is InChI=1S/C45H27N3O2/c1-3-11-28(12-4-1)29-21-23-31(24-22-29)43-46-44(32-25-26-39-37(27-32)34-15-7-8-19-38(34)49-39)48-45(47-43)36-18-9-17-35-41-33(30-13-5-2-6-14-30)16-10-20-40(41)50-42(35)36/h1-27H. The fraction of sp³-hybridized carbons (Fsp3) is 0. The van der Waals surface area contributed by atoms with E-state index in [1.807, 2.05) is 60.7 Å². The number of fused-ring (bicyclic) bond motifs is 6. The minimum atomic E-state index is 0.542. The molecular weight excluding hydrogens is 615 g/mol. The number of rotatable bonds is 5. The van der Waals surface area contributed by atoms with Crippen LogP contribution in [0.1, 0.15) is 0 Å². The van der Waals surface area contributed by atoms with E-state index in [2.05, 4.69) is 103 Å². The predicted molar refractivity (Wildman–Crippen MR) is 202 cm³/mol. The Kier molecular flexibility index (Phi) is 6.42. The van der Waals surface area contributed by atoms with Gasteiger partial charge < -0.3 is 8.83 Å².